The number of carbonyl (C=O) groups excluding carboxylic acids is 1. The van der Waals surface area contributed by atoms with Gasteiger partial charge in [-0.25, -0.2) is 4.98 Å². The summed E-state index contributed by atoms with van der Waals surface area (Å²) in [6, 6.07) is 15.2. The largest absolute Gasteiger partial charge is 0.459 e. The first-order valence-electron chi connectivity index (χ1n) is 10.5. The normalized spacial score (nSPS) is 12.1. The lowest BCUT2D eigenvalue weighted by Gasteiger charge is -2.30. The number of benzene rings is 2. The molecular formula is C25H24ClN3O4. The third-order valence-electron chi connectivity index (χ3n) is 5.57. The lowest BCUT2D eigenvalue weighted by Crippen LogP contribution is -2.39. The zero-order chi connectivity index (χ0) is 23.5. The fourth-order valence-electron chi connectivity index (χ4n) is 3.87. The summed E-state index contributed by atoms with van der Waals surface area (Å²) in [5.74, 6) is 0.321. The number of nitrogens with zero attached hydrogens (tertiary/aromatic N) is 3. The molecule has 0 fully saturated rings. The Hall–Kier alpha value is -3.42. The molecule has 4 aromatic rings. The van der Waals surface area contributed by atoms with Crippen LogP contribution in [0.5, 0.6) is 0 Å². The molecule has 33 heavy (non-hydrogen) atoms. The second kappa shape index (κ2) is 9.60. The van der Waals surface area contributed by atoms with Crippen molar-refractivity contribution >= 4 is 28.4 Å². The topological polar surface area (TPSA) is 77.6 Å². The third kappa shape index (κ3) is 4.42. The van der Waals surface area contributed by atoms with Crippen LogP contribution in [0.15, 0.2) is 70.1 Å². The predicted molar refractivity (Wildman–Crippen MR) is 127 cm³/mol. The maximum absolute atomic E-state index is 13.7. The van der Waals surface area contributed by atoms with E-state index < -0.39 is 6.04 Å². The summed E-state index contributed by atoms with van der Waals surface area (Å²) >= 11 is 6.17. The van der Waals surface area contributed by atoms with Gasteiger partial charge in [-0.05, 0) is 61.9 Å². The Bertz CT molecular complexity index is 1350. The van der Waals surface area contributed by atoms with Gasteiger partial charge in [-0.1, -0.05) is 23.7 Å². The van der Waals surface area contributed by atoms with Crippen LogP contribution in [0.1, 0.15) is 34.9 Å². The monoisotopic (exact) mass is 465 g/mol. The minimum absolute atomic E-state index is 0.204. The fraction of sp³-hybridized carbons (Fsp3) is 0.240. The predicted octanol–water partition coefficient (Wildman–Crippen LogP) is 4.79. The maximum atomic E-state index is 13.7. The van der Waals surface area contributed by atoms with Crippen LogP contribution in [0.2, 0.25) is 5.02 Å². The highest BCUT2D eigenvalue weighted by molar-refractivity contribution is 6.30. The highest BCUT2D eigenvalue weighted by Crippen LogP contribution is 2.26. The zero-order valence-corrected chi connectivity index (χ0v) is 19.4. The summed E-state index contributed by atoms with van der Waals surface area (Å²) < 4.78 is 12.2. The summed E-state index contributed by atoms with van der Waals surface area (Å²) in [6.45, 7) is 4.33. The first-order chi connectivity index (χ1) is 15.9. The number of furan rings is 1. The van der Waals surface area contributed by atoms with Crippen LogP contribution in [0.3, 0.4) is 0 Å². The fourth-order valence-corrected chi connectivity index (χ4v) is 4.10. The molecule has 1 amide bonds. The molecule has 1 unspecified atom stereocenters. The van der Waals surface area contributed by atoms with Gasteiger partial charge in [0.05, 0.1) is 35.5 Å². The molecular weight excluding hydrogens is 442 g/mol. The molecule has 170 valence electrons. The molecule has 0 radical (unpaired) electrons. The van der Waals surface area contributed by atoms with Crippen molar-refractivity contribution in [3.63, 3.8) is 0 Å². The number of rotatable bonds is 7. The van der Waals surface area contributed by atoms with Crippen LogP contribution in [-0.4, -0.2) is 40.6 Å². The number of hydrogen-bond acceptors (Lipinski definition) is 5. The van der Waals surface area contributed by atoms with Crippen molar-refractivity contribution in [2.24, 2.45) is 0 Å². The van der Waals surface area contributed by atoms with E-state index in [-0.39, 0.29) is 17.2 Å². The molecule has 2 aromatic heterocycles. The van der Waals surface area contributed by atoms with Gasteiger partial charge in [0.25, 0.3) is 11.5 Å². The van der Waals surface area contributed by atoms with Crippen molar-refractivity contribution in [3.05, 3.63) is 93.4 Å². The Morgan fingerprint density at radius 1 is 1.21 bits per heavy atom. The Labute approximate surface area is 196 Å². The van der Waals surface area contributed by atoms with Crippen LogP contribution >= 0.6 is 11.6 Å². The van der Waals surface area contributed by atoms with E-state index in [2.05, 4.69) is 0 Å². The minimum atomic E-state index is -0.565. The highest BCUT2D eigenvalue weighted by Gasteiger charge is 2.29. The first kappa shape index (κ1) is 22.8. The van der Waals surface area contributed by atoms with Crippen molar-refractivity contribution < 1.29 is 13.9 Å². The van der Waals surface area contributed by atoms with Crippen molar-refractivity contribution in [2.75, 3.05) is 20.3 Å². The standard InChI is InChI=1S/C25H24ClN3O4/c1-16-15-18(26)10-11-21(16)29-23(27-20-8-5-4-7-19(20)24(29)30)17(2)28(12-14-32-3)25(31)22-9-6-13-33-22/h4-11,13,15,17H,12,14H2,1-3H3. The number of halogens is 1. The quantitative estimate of drug-likeness (QED) is 0.392. The molecule has 0 spiro atoms. The Morgan fingerprint density at radius 3 is 2.70 bits per heavy atom. The van der Waals surface area contributed by atoms with Gasteiger partial charge in [0, 0.05) is 18.7 Å². The van der Waals surface area contributed by atoms with Gasteiger partial charge in [0.15, 0.2) is 5.76 Å². The van der Waals surface area contributed by atoms with Gasteiger partial charge in [-0.2, -0.15) is 0 Å². The van der Waals surface area contributed by atoms with Gasteiger partial charge in [-0.15, -0.1) is 0 Å². The number of carbonyl (C=O) groups is 1. The van der Waals surface area contributed by atoms with Crippen LogP contribution < -0.4 is 5.56 Å². The smallest absolute Gasteiger partial charge is 0.290 e. The molecule has 0 aliphatic rings. The van der Waals surface area contributed by atoms with E-state index in [1.54, 1.807) is 65.1 Å². The third-order valence-corrected chi connectivity index (χ3v) is 5.81. The molecule has 0 bridgehead atoms. The Balaban J connectivity index is 1.94. The summed E-state index contributed by atoms with van der Waals surface area (Å²) in [6.07, 6.45) is 1.45. The second-order valence-electron chi connectivity index (χ2n) is 7.70. The summed E-state index contributed by atoms with van der Waals surface area (Å²) in [4.78, 5) is 33.4. The van der Waals surface area contributed by atoms with E-state index in [1.165, 1.54) is 6.26 Å². The van der Waals surface area contributed by atoms with E-state index in [9.17, 15) is 9.59 Å². The highest BCUT2D eigenvalue weighted by atomic mass is 35.5. The molecule has 7 nitrogen and oxygen atoms in total. The molecule has 4 rings (SSSR count). The number of fused-ring (bicyclic) bond motifs is 1. The van der Waals surface area contributed by atoms with Crippen LogP contribution in [0, 0.1) is 6.92 Å². The number of aromatic nitrogens is 2. The van der Waals surface area contributed by atoms with Crippen molar-refractivity contribution in [1.29, 1.82) is 0 Å². The molecule has 0 aliphatic heterocycles. The Kier molecular flexibility index (Phi) is 6.62. The molecule has 2 aromatic carbocycles. The number of para-hydroxylation sites is 1. The van der Waals surface area contributed by atoms with Gasteiger partial charge < -0.3 is 14.1 Å². The van der Waals surface area contributed by atoms with Gasteiger partial charge in [-0.3, -0.25) is 14.2 Å². The number of methoxy groups -OCH3 is 1. The van der Waals surface area contributed by atoms with Crippen molar-refractivity contribution in [1.82, 2.24) is 14.5 Å². The number of hydrogen-bond donors (Lipinski definition) is 0. The Morgan fingerprint density at radius 2 is 2.00 bits per heavy atom. The SMILES string of the molecule is COCCN(C(=O)c1ccco1)C(C)c1nc2ccccc2c(=O)n1-c1ccc(Cl)cc1C. The van der Waals surface area contributed by atoms with E-state index >= 15 is 0 Å². The molecule has 8 heteroatoms. The van der Waals surface area contributed by atoms with E-state index in [0.29, 0.717) is 40.6 Å². The maximum Gasteiger partial charge on any atom is 0.290 e. The summed E-state index contributed by atoms with van der Waals surface area (Å²) in [5.41, 5.74) is 1.81. The van der Waals surface area contributed by atoms with E-state index in [1.807, 2.05) is 19.9 Å². The minimum Gasteiger partial charge on any atom is -0.459 e. The molecule has 2 heterocycles. The van der Waals surface area contributed by atoms with Crippen LogP contribution in [0.25, 0.3) is 16.6 Å². The number of ether oxygens (including phenoxy) is 1. The van der Waals surface area contributed by atoms with Gasteiger partial charge in [0.1, 0.15) is 5.82 Å². The second-order valence-corrected chi connectivity index (χ2v) is 8.14. The molecule has 1 atom stereocenters. The van der Waals surface area contributed by atoms with Crippen molar-refractivity contribution in [2.45, 2.75) is 19.9 Å². The lowest BCUT2D eigenvalue weighted by molar-refractivity contribution is 0.0574. The lowest BCUT2D eigenvalue weighted by atomic mass is 10.1. The first-order valence-corrected chi connectivity index (χ1v) is 10.9. The van der Waals surface area contributed by atoms with E-state index in [4.69, 9.17) is 25.7 Å². The van der Waals surface area contributed by atoms with Gasteiger partial charge in [0.2, 0.25) is 0 Å². The van der Waals surface area contributed by atoms with E-state index in [0.717, 1.165) is 5.56 Å². The number of aryl methyl sites for hydroxylation is 1. The number of amides is 1. The van der Waals surface area contributed by atoms with Crippen molar-refractivity contribution in [3.8, 4) is 5.69 Å². The zero-order valence-electron chi connectivity index (χ0n) is 18.6. The van der Waals surface area contributed by atoms with Crippen LogP contribution in [0.4, 0.5) is 0 Å². The average Bonchev–Trinajstić information content (AvgIpc) is 3.35. The summed E-state index contributed by atoms with van der Waals surface area (Å²) in [7, 11) is 1.57. The van der Waals surface area contributed by atoms with Gasteiger partial charge >= 0.3 is 0 Å². The molecule has 0 saturated heterocycles. The van der Waals surface area contributed by atoms with Crippen LogP contribution in [-0.2, 0) is 4.74 Å². The summed E-state index contributed by atoms with van der Waals surface area (Å²) in [5, 5.41) is 1.06. The average molecular weight is 466 g/mol. The molecule has 0 aliphatic carbocycles. The molecule has 0 N–H and O–H groups in total. The molecule has 0 saturated carbocycles.